The number of aromatic nitrogens is 1. The van der Waals surface area contributed by atoms with Crippen molar-refractivity contribution in [2.75, 3.05) is 11.1 Å². The lowest BCUT2D eigenvalue weighted by Crippen LogP contribution is -2.20. The molecule has 1 aromatic heterocycles. The van der Waals surface area contributed by atoms with E-state index in [1.807, 2.05) is 0 Å². The first kappa shape index (κ1) is 11.8. The van der Waals surface area contributed by atoms with Gasteiger partial charge in [0, 0.05) is 6.04 Å². The largest absolute Gasteiger partial charge is 0.382 e. The molecule has 0 saturated heterocycles. The van der Waals surface area contributed by atoms with E-state index in [2.05, 4.69) is 23.5 Å². The third-order valence-corrected chi connectivity index (χ3v) is 3.08. The van der Waals surface area contributed by atoms with Crippen LogP contribution in [0, 0.1) is 0 Å². The van der Waals surface area contributed by atoms with Crippen LogP contribution in [0.3, 0.4) is 0 Å². The van der Waals surface area contributed by atoms with Crippen LogP contribution in [-0.2, 0) is 0 Å². The summed E-state index contributed by atoms with van der Waals surface area (Å²) in [5.41, 5.74) is 11.1. The van der Waals surface area contributed by atoms with E-state index in [4.69, 9.17) is 11.5 Å². The van der Waals surface area contributed by atoms with Crippen molar-refractivity contribution in [3.63, 3.8) is 0 Å². The number of carbonyl (C=O) groups is 1. The summed E-state index contributed by atoms with van der Waals surface area (Å²) in [7, 11) is 0. The molecule has 1 rings (SSSR count). The summed E-state index contributed by atoms with van der Waals surface area (Å²) in [6, 6.07) is 0.322. The Morgan fingerprint density at radius 2 is 2.13 bits per heavy atom. The Hall–Kier alpha value is -1.30. The molecule has 1 amide bonds. The van der Waals surface area contributed by atoms with E-state index >= 15 is 0 Å². The molecule has 0 saturated carbocycles. The zero-order chi connectivity index (χ0) is 11.4. The predicted octanol–water partition coefficient (Wildman–Crippen LogP) is 1.42. The van der Waals surface area contributed by atoms with Crippen LogP contribution in [-0.4, -0.2) is 16.3 Å². The number of hydrogen-bond donors (Lipinski definition) is 3. The molecule has 0 aliphatic heterocycles. The van der Waals surface area contributed by atoms with Crippen molar-refractivity contribution in [3.8, 4) is 0 Å². The number of carbonyl (C=O) groups excluding carboxylic acids is 1. The van der Waals surface area contributed by atoms with Gasteiger partial charge in [0.25, 0.3) is 5.91 Å². The van der Waals surface area contributed by atoms with Gasteiger partial charge < -0.3 is 16.8 Å². The molecule has 0 fully saturated rings. The summed E-state index contributed by atoms with van der Waals surface area (Å²) < 4.78 is 3.92. The molecule has 1 heterocycles. The highest BCUT2D eigenvalue weighted by molar-refractivity contribution is 7.11. The van der Waals surface area contributed by atoms with E-state index in [0.717, 1.165) is 12.8 Å². The fourth-order valence-electron chi connectivity index (χ4n) is 1.32. The van der Waals surface area contributed by atoms with Crippen LogP contribution in [0.15, 0.2) is 0 Å². The number of nitrogens with zero attached hydrogens (tertiary/aromatic N) is 1. The van der Waals surface area contributed by atoms with Gasteiger partial charge in [0.05, 0.1) is 0 Å². The number of amides is 1. The maximum atomic E-state index is 11.1. The highest BCUT2D eigenvalue weighted by Gasteiger charge is 2.18. The van der Waals surface area contributed by atoms with Gasteiger partial charge in [0.2, 0.25) is 0 Å². The minimum absolute atomic E-state index is 0.209. The predicted molar refractivity (Wildman–Crippen MR) is 63.0 cm³/mol. The third kappa shape index (κ3) is 2.59. The van der Waals surface area contributed by atoms with E-state index in [9.17, 15) is 4.79 Å². The van der Waals surface area contributed by atoms with Gasteiger partial charge in [-0.1, -0.05) is 13.8 Å². The Kier molecular flexibility index (Phi) is 3.90. The lowest BCUT2D eigenvalue weighted by Gasteiger charge is -2.14. The monoisotopic (exact) mass is 228 g/mol. The van der Waals surface area contributed by atoms with Crippen LogP contribution in [0.5, 0.6) is 0 Å². The normalized spacial score (nSPS) is 10.6. The van der Waals surface area contributed by atoms with Crippen LogP contribution >= 0.6 is 11.5 Å². The van der Waals surface area contributed by atoms with Crippen molar-refractivity contribution >= 4 is 28.3 Å². The number of nitrogens with two attached hydrogens (primary N) is 2. The van der Waals surface area contributed by atoms with Crippen molar-refractivity contribution in [2.24, 2.45) is 5.73 Å². The fourth-order valence-corrected chi connectivity index (χ4v) is 2.11. The van der Waals surface area contributed by atoms with Crippen molar-refractivity contribution in [1.29, 1.82) is 0 Å². The van der Waals surface area contributed by atoms with Gasteiger partial charge in [-0.05, 0) is 24.4 Å². The van der Waals surface area contributed by atoms with Gasteiger partial charge in [-0.2, -0.15) is 4.37 Å². The highest BCUT2D eigenvalue weighted by Crippen LogP contribution is 2.27. The van der Waals surface area contributed by atoms with Gasteiger partial charge in [-0.3, -0.25) is 4.79 Å². The summed E-state index contributed by atoms with van der Waals surface area (Å²) in [4.78, 5) is 11.1. The molecule has 0 aliphatic rings. The van der Waals surface area contributed by atoms with Gasteiger partial charge >= 0.3 is 0 Å². The Balaban J connectivity index is 2.89. The van der Waals surface area contributed by atoms with E-state index in [-0.39, 0.29) is 5.82 Å². The highest BCUT2D eigenvalue weighted by atomic mass is 32.1. The fraction of sp³-hybridized carbons (Fsp3) is 0.556. The minimum Gasteiger partial charge on any atom is -0.382 e. The number of nitrogen functional groups attached to an aromatic ring is 1. The van der Waals surface area contributed by atoms with Crippen molar-refractivity contribution < 1.29 is 4.79 Å². The lowest BCUT2D eigenvalue weighted by atomic mass is 10.1. The summed E-state index contributed by atoms with van der Waals surface area (Å²) in [5, 5.41) is 3.90. The van der Waals surface area contributed by atoms with E-state index < -0.39 is 5.91 Å². The zero-order valence-electron chi connectivity index (χ0n) is 8.91. The Morgan fingerprint density at radius 1 is 1.53 bits per heavy atom. The van der Waals surface area contributed by atoms with Crippen LogP contribution in [0.1, 0.15) is 37.0 Å². The summed E-state index contributed by atoms with van der Waals surface area (Å²) in [5.74, 6) is -0.323. The summed E-state index contributed by atoms with van der Waals surface area (Å²) >= 11 is 1.18. The molecule has 0 spiro atoms. The molecule has 0 bridgehead atoms. The maximum Gasteiger partial charge on any atom is 0.255 e. The number of rotatable bonds is 5. The van der Waals surface area contributed by atoms with Gasteiger partial charge in [-0.25, -0.2) is 0 Å². The van der Waals surface area contributed by atoms with Gasteiger partial charge in [0.1, 0.15) is 10.6 Å². The van der Waals surface area contributed by atoms with Crippen molar-refractivity contribution in [1.82, 2.24) is 4.37 Å². The molecule has 6 heteroatoms. The van der Waals surface area contributed by atoms with Gasteiger partial charge in [0.15, 0.2) is 5.82 Å². The minimum atomic E-state index is -0.533. The number of nitrogens with one attached hydrogen (secondary N) is 1. The second-order valence-electron chi connectivity index (χ2n) is 3.29. The van der Waals surface area contributed by atoms with Crippen molar-refractivity contribution in [3.05, 3.63) is 5.56 Å². The molecule has 0 aromatic carbocycles. The molecule has 0 aliphatic carbocycles. The van der Waals surface area contributed by atoms with Crippen LogP contribution < -0.4 is 16.8 Å². The Morgan fingerprint density at radius 3 is 2.60 bits per heavy atom. The van der Waals surface area contributed by atoms with Crippen molar-refractivity contribution in [2.45, 2.75) is 32.7 Å². The topological polar surface area (TPSA) is 94.0 Å². The zero-order valence-corrected chi connectivity index (χ0v) is 9.73. The molecular formula is C9H16N4OS. The standard InChI is InChI=1S/C9H16N4OS/c1-3-5(4-2)12-9-6(8(11)14)7(10)13-15-9/h5,12H,3-4H2,1-2H3,(H2,10,13)(H2,11,14). The quantitative estimate of drug-likeness (QED) is 0.710. The Bertz CT molecular complexity index is 346. The number of anilines is 2. The number of hydrogen-bond acceptors (Lipinski definition) is 5. The molecule has 5 nitrogen and oxygen atoms in total. The molecule has 0 radical (unpaired) electrons. The van der Waals surface area contributed by atoms with Gasteiger partial charge in [-0.15, -0.1) is 0 Å². The second kappa shape index (κ2) is 4.97. The van der Waals surface area contributed by atoms with Crippen LogP contribution in [0.4, 0.5) is 10.8 Å². The first-order valence-electron chi connectivity index (χ1n) is 4.91. The average molecular weight is 228 g/mol. The van der Waals surface area contributed by atoms with E-state index in [1.165, 1.54) is 11.5 Å². The van der Waals surface area contributed by atoms with Crippen LogP contribution in [0.25, 0.3) is 0 Å². The van der Waals surface area contributed by atoms with Crippen LogP contribution in [0.2, 0.25) is 0 Å². The van der Waals surface area contributed by atoms with E-state index in [1.54, 1.807) is 0 Å². The summed E-state index contributed by atoms with van der Waals surface area (Å²) in [6.07, 6.45) is 1.96. The van der Waals surface area contributed by atoms with E-state index in [0.29, 0.717) is 16.6 Å². The second-order valence-corrected chi connectivity index (χ2v) is 4.07. The maximum absolute atomic E-state index is 11.1. The number of primary amides is 1. The summed E-state index contributed by atoms with van der Waals surface area (Å²) in [6.45, 7) is 4.16. The lowest BCUT2D eigenvalue weighted by molar-refractivity contribution is 0.100. The molecule has 0 unspecified atom stereocenters. The third-order valence-electron chi connectivity index (χ3n) is 2.29. The molecule has 84 valence electrons. The molecule has 0 atom stereocenters. The molecule has 1 aromatic rings. The molecule has 15 heavy (non-hydrogen) atoms. The smallest absolute Gasteiger partial charge is 0.255 e. The SMILES string of the molecule is CCC(CC)Nc1snc(N)c1C(N)=O. The molecular weight excluding hydrogens is 212 g/mol. The first-order chi connectivity index (χ1) is 7.10. The first-order valence-corrected chi connectivity index (χ1v) is 5.68. The Labute approximate surface area is 93.0 Å². The average Bonchev–Trinajstić information content (AvgIpc) is 2.56. The molecule has 5 N–H and O–H groups in total.